The third-order valence-electron chi connectivity index (χ3n) is 5.36. The van der Waals surface area contributed by atoms with Crippen LogP contribution in [0.15, 0.2) is 66.9 Å². The number of hydrogen-bond donors (Lipinski definition) is 1. The van der Waals surface area contributed by atoms with Gasteiger partial charge in [-0.15, -0.1) is 0 Å². The van der Waals surface area contributed by atoms with Crippen molar-refractivity contribution >= 4 is 23.2 Å². The van der Waals surface area contributed by atoms with Crippen molar-refractivity contribution in [3.63, 3.8) is 0 Å². The van der Waals surface area contributed by atoms with Crippen LogP contribution in [-0.2, 0) is 11.8 Å². The Labute approximate surface area is 176 Å². The Morgan fingerprint density at radius 1 is 1.00 bits per heavy atom. The molecule has 0 saturated heterocycles. The summed E-state index contributed by atoms with van der Waals surface area (Å²) in [6.45, 7) is 6.94. The van der Waals surface area contributed by atoms with Crippen molar-refractivity contribution in [1.82, 2.24) is 4.98 Å². The summed E-state index contributed by atoms with van der Waals surface area (Å²) in [5.41, 5.74) is 4.45. The van der Waals surface area contributed by atoms with Gasteiger partial charge in [0.1, 0.15) is 5.69 Å². The molecule has 152 valence electrons. The van der Waals surface area contributed by atoms with Gasteiger partial charge in [0, 0.05) is 29.7 Å². The summed E-state index contributed by atoms with van der Waals surface area (Å²) >= 11 is 0. The third-order valence-corrected chi connectivity index (χ3v) is 5.36. The van der Waals surface area contributed by atoms with E-state index >= 15 is 0 Å². The summed E-state index contributed by atoms with van der Waals surface area (Å²) in [6.07, 6.45) is 2.35. The molecule has 1 aliphatic rings. The van der Waals surface area contributed by atoms with Crippen LogP contribution in [0.5, 0.6) is 0 Å². The minimum atomic E-state index is -0.330. The number of benzene rings is 2. The number of nitrogens with one attached hydrogen (secondary N) is 1. The summed E-state index contributed by atoms with van der Waals surface area (Å²) in [5.74, 6) is -0.449. The molecule has 2 heterocycles. The van der Waals surface area contributed by atoms with E-state index in [1.54, 1.807) is 17.0 Å². The van der Waals surface area contributed by atoms with Crippen molar-refractivity contribution in [3.05, 3.63) is 89.2 Å². The van der Waals surface area contributed by atoms with Gasteiger partial charge in [-0.3, -0.25) is 14.6 Å². The average Bonchev–Trinajstić information content (AvgIpc) is 3.17. The predicted octanol–water partition coefficient (Wildman–Crippen LogP) is 4.83. The van der Waals surface area contributed by atoms with Gasteiger partial charge in [-0.2, -0.15) is 0 Å². The number of fused-ring (bicyclic) bond motifs is 1. The van der Waals surface area contributed by atoms with Crippen LogP contribution in [0.2, 0.25) is 0 Å². The van der Waals surface area contributed by atoms with Crippen molar-refractivity contribution in [2.24, 2.45) is 0 Å². The summed E-state index contributed by atoms with van der Waals surface area (Å²) in [4.78, 5) is 31.9. The topological polar surface area (TPSA) is 62.3 Å². The van der Waals surface area contributed by atoms with Gasteiger partial charge in [0.25, 0.3) is 11.8 Å². The Balaban J connectivity index is 1.57. The average molecular weight is 399 g/mol. The second-order valence-electron chi connectivity index (χ2n) is 8.51. The number of carbonyl (C=O) groups excluding carboxylic acids is 2. The largest absolute Gasteiger partial charge is 0.320 e. The highest BCUT2D eigenvalue weighted by molar-refractivity contribution is 6.09. The number of carbonyl (C=O) groups is 2. The predicted molar refractivity (Wildman–Crippen MR) is 119 cm³/mol. The van der Waals surface area contributed by atoms with Crippen molar-refractivity contribution < 1.29 is 9.59 Å². The zero-order chi connectivity index (χ0) is 21.3. The van der Waals surface area contributed by atoms with E-state index in [4.69, 9.17) is 0 Å². The number of aromatic nitrogens is 1. The highest BCUT2D eigenvalue weighted by Crippen LogP contribution is 2.30. The molecule has 1 aromatic heterocycles. The van der Waals surface area contributed by atoms with E-state index in [2.05, 4.69) is 31.1 Å². The molecule has 0 atom stereocenters. The molecule has 0 aliphatic carbocycles. The number of pyridine rings is 1. The molecule has 0 unspecified atom stereocenters. The lowest BCUT2D eigenvalue weighted by molar-refractivity contribution is 0.0989. The summed E-state index contributed by atoms with van der Waals surface area (Å²) in [5, 5.41) is 2.96. The zero-order valence-electron chi connectivity index (χ0n) is 17.5. The maximum atomic E-state index is 13.1. The summed E-state index contributed by atoms with van der Waals surface area (Å²) in [7, 11) is 0. The maximum Gasteiger partial charge on any atom is 0.274 e. The number of anilines is 2. The Morgan fingerprint density at radius 3 is 2.53 bits per heavy atom. The monoisotopic (exact) mass is 399 g/mol. The van der Waals surface area contributed by atoms with Crippen LogP contribution >= 0.6 is 0 Å². The molecule has 3 aromatic rings. The van der Waals surface area contributed by atoms with Gasteiger partial charge in [0.15, 0.2) is 0 Å². The highest BCUT2D eigenvalue weighted by atomic mass is 16.2. The minimum absolute atomic E-state index is 0.113. The van der Waals surface area contributed by atoms with Crippen molar-refractivity contribution in [2.75, 3.05) is 16.8 Å². The molecular formula is C25H25N3O2. The number of para-hydroxylation sites is 2. The van der Waals surface area contributed by atoms with Gasteiger partial charge in [-0.25, -0.2) is 0 Å². The second-order valence-corrected chi connectivity index (χ2v) is 8.51. The van der Waals surface area contributed by atoms with E-state index in [9.17, 15) is 9.59 Å². The first-order valence-electron chi connectivity index (χ1n) is 10.1. The van der Waals surface area contributed by atoms with Crippen LogP contribution in [-0.4, -0.2) is 23.3 Å². The van der Waals surface area contributed by atoms with Gasteiger partial charge >= 0.3 is 0 Å². The molecule has 5 nitrogen and oxygen atoms in total. The normalized spacial score (nSPS) is 13.1. The molecule has 0 radical (unpaired) electrons. The number of rotatable bonds is 3. The standard InChI is InChI=1S/C25H25N3O2/c1-25(2,3)19-9-5-6-10-20(19)27-23(29)21-16-18(12-14-26-21)24(30)28-15-13-17-8-4-7-11-22(17)28/h4-12,14,16H,13,15H2,1-3H3,(H,27,29). The lowest BCUT2D eigenvalue weighted by atomic mass is 9.86. The minimum Gasteiger partial charge on any atom is -0.320 e. The zero-order valence-corrected chi connectivity index (χ0v) is 17.5. The SMILES string of the molecule is CC(C)(C)c1ccccc1NC(=O)c1cc(C(=O)N2CCc3ccccc32)ccn1. The molecule has 4 rings (SSSR count). The van der Waals surface area contributed by atoms with Crippen LogP contribution in [0, 0.1) is 0 Å². The highest BCUT2D eigenvalue weighted by Gasteiger charge is 2.26. The third kappa shape index (κ3) is 3.83. The maximum absolute atomic E-state index is 13.1. The molecule has 0 fully saturated rings. The van der Waals surface area contributed by atoms with Crippen LogP contribution in [0.4, 0.5) is 11.4 Å². The van der Waals surface area contributed by atoms with E-state index in [1.807, 2.05) is 48.5 Å². The molecule has 0 bridgehead atoms. The molecule has 0 saturated carbocycles. The fraction of sp³-hybridized carbons (Fsp3) is 0.240. The second kappa shape index (κ2) is 7.75. The van der Waals surface area contributed by atoms with Crippen LogP contribution < -0.4 is 10.2 Å². The van der Waals surface area contributed by atoms with Crippen LogP contribution in [0.1, 0.15) is 52.7 Å². The van der Waals surface area contributed by atoms with E-state index < -0.39 is 0 Å². The number of amides is 2. The van der Waals surface area contributed by atoms with Gasteiger partial charge in [0.05, 0.1) is 0 Å². The number of hydrogen-bond acceptors (Lipinski definition) is 3. The summed E-state index contributed by atoms with van der Waals surface area (Å²) < 4.78 is 0. The fourth-order valence-electron chi connectivity index (χ4n) is 3.83. The van der Waals surface area contributed by atoms with Crippen molar-refractivity contribution in [2.45, 2.75) is 32.6 Å². The quantitative estimate of drug-likeness (QED) is 0.686. The molecule has 1 aliphatic heterocycles. The van der Waals surface area contributed by atoms with Crippen molar-refractivity contribution in [1.29, 1.82) is 0 Å². The molecule has 30 heavy (non-hydrogen) atoms. The first kappa shape index (κ1) is 19.8. The Bertz CT molecular complexity index is 1120. The van der Waals surface area contributed by atoms with Gasteiger partial charge in [-0.05, 0) is 47.2 Å². The summed E-state index contributed by atoms with van der Waals surface area (Å²) in [6, 6.07) is 18.9. The van der Waals surface area contributed by atoms with E-state index in [-0.39, 0.29) is 22.9 Å². The molecule has 2 aromatic carbocycles. The van der Waals surface area contributed by atoms with Gasteiger partial charge in [0.2, 0.25) is 0 Å². The van der Waals surface area contributed by atoms with Crippen LogP contribution in [0.25, 0.3) is 0 Å². The smallest absolute Gasteiger partial charge is 0.274 e. The van der Waals surface area contributed by atoms with Crippen LogP contribution in [0.3, 0.4) is 0 Å². The lowest BCUT2D eigenvalue weighted by Crippen LogP contribution is -2.29. The molecule has 2 amide bonds. The Morgan fingerprint density at radius 2 is 1.73 bits per heavy atom. The first-order valence-corrected chi connectivity index (χ1v) is 10.1. The molecule has 1 N–H and O–H groups in total. The Hall–Kier alpha value is -3.47. The van der Waals surface area contributed by atoms with E-state index in [0.29, 0.717) is 12.1 Å². The fourth-order valence-corrected chi connectivity index (χ4v) is 3.83. The van der Waals surface area contributed by atoms with E-state index in [0.717, 1.165) is 28.9 Å². The number of nitrogens with zero attached hydrogens (tertiary/aromatic N) is 2. The van der Waals surface area contributed by atoms with Gasteiger partial charge in [-0.1, -0.05) is 57.2 Å². The first-order chi connectivity index (χ1) is 14.3. The van der Waals surface area contributed by atoms with Gasteiger partial charge < -0.3 is 10.2 Å². The van der Waals surface area contributed by atoms with Crippen molar-refractivity contribution in [3.8, 4) is 0 Å². The molecule has 5 heteroatoms. The van der Waals surface area contributed by atoms with E-state index in [1.165, 1.54) is 6.20 Å². The lowest BCUT2D eigenvalue weighted by Gasteiger charge is -2.23. The molecular weight excluding hydrogens is 374 g/mol. The Kier molecular flexibility index (Phi) is 5.12. The molecule has 0 spiro atoms.